The number of alkyl halides is 2. The van der Waals surface area contributed by atoms with Gasteiger partial charge in [-0.3, -0.25) is 4.79 Å². The van der Waals surface area contributed by atoms with Crippen LogP contribution in [-0.2, 0) is 4.79 Å². The molecule has 0 aromatic carbocycles. The molecule has 1 aliphatic rings. The summed E-state index contributed by atoms with van der Waals surface area (Å²) in [6.45, 7) is 1.54. The number of piperidine rings is 1. The van der Waals surface area contributed by atoms with Crippen LogP contribution >= 0.6 is 11.8 Å². The van der Waals surface area contributed by atoms with Crippen molar-refractivity contribution >= 4 is 17.7 Å². The number of nitrogens with one attached hydrogen (secondary N) is 2. The molecule has 0 aliphatic carbocycles. The van der Waals surface area contributed by atoms with Crippen molar-refractivity contribution in [1.29, 1.82) is 0 Å². The van der Waals surface area contributed by atoms with E-state index >= 15 is 0 Å². The predicted molar refractivity (Wildman–Crippen MR) is 63.4 cm³/mol. The fraction of sp³-hybridized carbons (Fsp3) is 0.900. The van der Waals surface area contributed by atoms with Crippen molar-refractivity contribution in [3.05, 3.63) is 0 Å². The summed E-state index contributed by atoms with van der Waals surface area (Å²) in [5.41, 5.74) is 0. The van der Waals surface area contributed by atoms with Crippen LogP contribution in [0.25, 0.3) is 0 Å². The van der Waals surface area contributed by atoms with Crippen molar-refractivity contribution in [2.75, 3.05) is 25.4 Å². The zero-order chi connectivity index (χ0) is 12.7. The van der Waals surface area contributed by atoms with Gasteiger partial charge in [-0.15, -0.1) is 11.8 Å². The van der Waals surface area contributed by atoms with Crippen LogP contribution in [0.15, 0.2) is 0 Å². The minimum atomic E-state index is -2.81. The molecule has 1 fully saturated rings. The fourth-order valence-electron chi connectivity index (χ4n) is 1.51. The number of amides is 1. The zero-order valence-electron chi connectivity index (χ0n) is 9.49. The molecule has 100 valence electrons. The van der Waals surface area contributed by atoms with Crippen LogP contribution in [-0.4, -0.2) is 54.2 Å². The Morgan fingerprint density at radius 1 is 1.47 bits per heavy atom. The number of aliphatic hydroxyl groups excluding tert-OH is 1. The highest BCUT2D eigenvalue weighted by Gasteiger charge is 2.18. The molecule has 0 bridgehead atoms. The summed E-state index contributed by atoms with van der Waals surface area (Å²) in [6.07, 6.45) is -2.54. The van der Waals surface area contributed by atoms with Crippen LogP contribution in [0.4, 0.5) is 8.78 Å². The van der Waals surface area contributed by atoms with Gasteiger partial charge in [0, 0.05) is 11.8 Å². The minimum absolute atomic E-state index is 0.265. The lowest BCUT2D eigenvalue weighted by atomic mass is 10.2. The molecule has 0 radical (unpaired) electrons. The number of carbonyl (C=O) groups excluding carboxylic acids is 1. The van der Waals surface area contributed by atoms with Gasteiger partial charge in [-0.1, -0.05) is 0 Å². The van der Waals surface area contributed by atoms with Crippen LogP contribution < -0.4 is 10.6 Å². The summed E-state index contributed by atoms with van der Waals surface area (Å²) in [7, 11) is 0. The molecule has 4 nitrogen and oxygen atoms in total. The molecule has 1 amide bonds. The zero-order valence-corrected chi connectivity index (χ0v) is 10.3. The normalized spacial score (nSPS) is 19.3. The summed E-state index contributed by atoms with van der Waals surface area (Å²) in [5.74, 6) is -0.0334. The smallest absolute Gasteiger partial charge is 0.265 e. The number of hydrogen-bond acceptors (Lipinski definition) is 4. The van der Waals surface area contributed by atoms with E-state index in [9.17, 15) is 13.6 Å². The van der Waals surface area contributed by atoms with Crippen LogP contribution in [0.2, 0.25) is 0 Å². The summed E-state index contributed by atoms with van der Waals surface area (Å²) in [5, 5.41) is 14.8. The van der Waals surface area contributed by atoms with Crippen molar-refractivity contribution in [2.24, 2.45) is 0 Å². The molecule has 1 heterocycles. The van der Waals surface area contributed by atoms with Crippen molar-refractivity contribution in [3.8, 4) is 0 Å². The van der Waals surface area contributed by atoms with E-state index in [1.165, 1.54) is 0 Å². The van der Waals surface area contributed by atoms with Gasteiger partial charge in [0.05, 0.1) is 5.75 Å². The molecular formula is C10H18F2N2O2S. The van der Waals surface area contributed by atoms with Gasteiger partial charge in [0.25, 0.3) is 6.43 Å². The van der Waals surface area contributed by atoms with Gasteiger partial charge in [0.2, 0.25) is 5.91 Å². The van der Waals surface area contributed by atoms with Gasteiger partial charge in [0.1, 0.15) is 6.10 Å². The standard InChI is InChI=1S/C10H18F2N2O2S/c11-10(12)8(15)5-14-9(16)6-17-7-1-3-13-4-2-7/h7-8,10,13,15H,1-6H2,(H,14,16). The van der Waals surface area contributed by atoms with Crippen molar-refractivity contribution in [3.63, 3.8) is 0 Å². The van der Waals surface area contributed by atoms with Crippen molar-refractivity contribution in [1.82, 2.24) is 10.6 Å². The molecule has 1 saturated heterocycles. The SMILES string of the molecule is O=C(CSC1CCNCC1)NCC(O)C(F)F. The molecule has 0 aromatic heterocycles. The summed E-state index contributed by atoms with van der Waals surface area (Å²) in [4.78, 5) is 11.3. The van der Waals surface area contributed by atoms with Crippen molar-refractivity contribution in [2.45, 2.75) is 30.6 Å². The van der Waals surface area contributed by atoms with Gasteiger partial charge >= 0.3 is 0 Å². The molecule has 1 rings (SSSR count). The number of carbonyl (C=O) groups is 1. The van der Waals surface area contributed by atoms with Gasteiger partial charge in [-0.05, 0) is 25.9 Å². The van der Waals surface area contributed by atoms with E-state index in [-0.39, 0.29) is 18.2 Å². The number of halogens is 2. The lowest BCUT2D eigenvalue weighted by Gasteiger charge is -2.21. The average Bonchev–Trinajstić information content (AvgIpc) is 2.34. The quantitative estimate of drug-likeness (QED) is 0.645. The maximum atomic E-state index is 11.9. The monoisotopic (exact) mass is 268 g/mol. The first-order chi connectivity index (χ1) is 8.09. The Balaban J connectivity index is 2.08. The first-order valence-electron chi connectivity index (χ1n) is 5.65. The second kappa shape index (κ2) is 7.84. The van der Waals surface area contributed by atoms with Crippen molar-refractivity contribution < 1.29 is 18.7 Å². The average molecular weight is 268 g/mol. The van der Waals surface area contributed by atoms with Crippen LogP contribution in [0, 0.1) is 0 Å². The first kappa shape index (κ1) is 14.7. The first-order valence-corrected chi connectivity index (χ1v) is 6.69. The summed E-state index contributed by atoms with van der Waals surface area (Å²) < 4.78 is 23.9. The molecule has 1 aliphatic heterocycles. The Hall–Kier alpha value is -0.400. The Bertz CT molecular complexity index is 238. The summed E-state index contributed by atoms with van der Waals surface area (Å²) in [6, 6.07) is 0. The maximum absolute atomic E-state index is 11.9. The van der Waals surface area contributed by atoms with E-state index in [0.717, 1.165) is 25.9 Å². The van der Waals surface area contributed by atoms with E-state index in [2.05, 4.69) is 10.6 Å². The molecule has 0 spiro atoms. The van der Waals surface area contributed by atoms with Gasteiger partial charge in [0.15, 0.2) is 0 Å². The van der Waals surface area contributed by atoms with E-state index in [1.54, 1.807) is 11.8 Å². The van der Waals surface area contributed by atoms with E-state index < -0.39 is 12.5 Å². The molecule has 7 heteroatoms. The number of hydrogen-bond donors (Lipinski definition) is 3. The third kappa shape index (κ3) is 6.18. The number of thioether (sulfide) groups is 1. The van der Waals surface area contributed by atoms with E-state index in [4.69, 9.17) is 5.11 Å². The number of rotatable bonds is 6. The lowest BCUT2D eigenvalue weighted by molar-refractivity contribution is -0.119. The third-order valence-corrected chi connectivity index (χ3v) is 3.91. The Morgan fingerprint density at radius 2 is 2.12 bits per heavy atom. The van der Waals surface area contributed by atoms with Crippen LogP contribution in [0.3, 0.4) is 0 Å². The minimum Gasteiger partial charge on any atom is -0.385 e. The van der Waals surface area contributed by atoms with Crippen LogP contribution in [0.5, 0.6) is 0 Å². The lowest BCUT2D eigenvalue weighted by Crippen LogP contribution is -2.37. The van der Waals surface area contributed by atoms with E-state index in [0.29, 0.717) is 5.25 Å². The highest BCUT2D eigenvalue weighted by atomic mass is 32.2. The molecule has 0 aromatic rings. The molecule has 3 N–H and O–H groups in total. The Labute approximate surface area is 104 Å². The largest absolute Gasteiger partial charge is 0.385 e. The summed E-state index contributed by atoms with van der Waals surface area (Å²) >= 11 is 1.54. The molecule has 17 heavy (non-hydrogen) atoms. The molecule has 1 unspecified atom stereocenters. The Morgan fingerprint density at radius 3 is 2.71 bits per heavy atom. The van der Waals surface area contributed by atoms with Crippen LogP contribution in [0.1, 0.15) is 12.8 Å². The molecule has 1 atom stereocenters. The second-order valence-corrected chi connectivity index (χ2v) is 5.25. The van der Waals surface area contributed by atoms with Gasteiger partial charge in [-0.2, -0.15) is 0 Å². The predicted octanol–water partition coefficient (Wildman–Crippen LogP) is 0.214. The van der Waals surface area contributed by atoms with E-state index in [1.807, 2.05) is 0 Å². The number of aliphatic hydroxyl groups is 1. The molecular weight excluding hydrogens is 250 g/mol. The topological polar surface area (TPSA) is 61.4 Å². The highest BCUT2D eigenvalue weighted by molar-refractivity contribution is 8.00. The maximum Gasteiger partial charge on any atom is 0.265 e. The third-order valence-electron chi connectivity index (χ3n) is 2.54. The molecule has 0 saturated carbocycles. The van der Waals surface area contributed by atoms with Gasteiger partial charge in [-0.25, -0.2) is 8.78 Å². The van der Waals surface area contributed by atoms with Gasteiger partial charge < -0.3 is 15.7 Å². The fourth-order valence-corrected chi connectivity index (χ4v) is 2.57. The Kier molecular flexibility index (Phi) is 6.76. The second-order valence-electron chi connectivity index (χ2n) is 3.97. The highest BCUT2D eigenvalue weighted by Crippen LogP contribution is 2.19.